The molecule has 2 aliphatic rings. The number of ether oxygens (including phenoxy) is 14. The zero-order valence-corrected chi connectivity index (χ0v) is 53.6. The molecule has 0 radical (unpaired) electrons. The lowest BCUT2D eigenvalue weighted by Gasteiger charge is -2.40. The number of fused-ring (bicyclic) bond motifs is 2. The second kappa shape index (κ2) is 32.4. The van der Waals surface area contributed by atoms with Gasteiger partial charge >= 0.3 is 0 Å². The van der Waals surface area contributed by atoms with Crippen LogP contribution in [0.4, 0.5) is 0 Å². The maximum absolute atomic E-state index is 6.57. The number of unbranched alkanes of at least 4 members (excludes halogenated alkanes) is 2. The molecular weight excluding hydrogens is 1180 g/mol. The number of benzene rings is 10. The molecule has 0 saturated carbocycles. The van der Waals surface area contributed by atoms with E-state index in [1.807, 2.05) is 182 Å². The Hall–Kier alpha value is -9.44. The summed E-state index contributed by atoms with van der Waals surface area (Å²) in [5, 5.41) is 4.14. The molecule has 0 N–H and O–H groups in total. The van der Waals surface area contributed by atoms with E-state index in [9.17, 15) is 0 Å². The van der Waals surface area contributed by atoms with Crippen molar-refractivity contribution < 1.29 is 66.3 Å². The Labute approximate surface area is 551 Å². The summed E-state index contributed by atoms with van der Waals surface area (Å²) in [6.45, 7) is 12.0. The molecule has 2 aliphatic heterocycles. The second-order valence-corrected chi connectivity index (χ2v) is 23.9. The fourth-order valence-corrected chi connectivity index (χ4v) is 11.3. The Morgan fingerprint density at radius 3 is 0.862 bits per heavy atom. The van der Waals surface area contributed by atoms with E-state index in [1.54, 1.807) is 0 Å². The highest BCUT2D eigenvalue weighted by molar-refractivity contribution is 6.09. The number of hydrogen-bond donors (Lipinski definition) is 0. The summed E-state index contributed by atoms with van der Waals surface area (Å²) < 4.78 is 83.7. The third-order valence-corrected chi connectivity index (χ3v) is 17.4. The standard InChI is InChI=1S/C80H82O14/c1-3-79(51-83-52-79)49-81-45-9-11-47-85-65-35-39-71(40-36-65)89-55-87-67-27-17-59(18-28-67)61-21-31-69(32-22-61)91-57-93-75-43-25-63-13-5-7-15-73(63)77(75)78-74-16-8-6-14-64(74)26-44-76(78)94-58-92-70-33-23-62(24-34-70)60-19-29-68(30-20-60)88-56-90-72-41-37-66(38-42-72)86-48-12-10-46-82-50-80(4-2)53-84-54-80/h5-8,13-44H,3-4,9-12,45-58H2,1-2H3. The van der Waals surface area contributed by atoms with Crippen LogP contribution in [-0.2, 0) is 18.9 Å². The molecule has 0 aromatic heterocycles. The molecule has 0 atom stereocenters. The Balaban J connectivity index is 0.589. The normalized spacial score (nSPS) is 13.7. The predicted molar refractivity (Wildman–Crippen MR) is 366 cm³/mol. The van der Waals surface area contributed by atoms with E-state index < -0.39 is 0 Å². The molecule has 0 amide bonds. The topological polar surface area (TPSA) is 129 Å². The lowest BCUT2D eigenvalue weighted by Crippen LogP contribution is -2.45. The van der Waals surface area contributed by atoms with Crippen LogP contribution in [0.1, 0.15) is 52.4 Å². The zero-order valence-electron chi connectivity index (χ0n) is 53.6. The predicted octanol–water partition coefficient (Wildman–Crippen LogP) is 17.9. The third kappa shape index (κ3) is 17.2. The third-order valence-electron chi connectivity index (χ3n) is 17.4. The van der Waals surface area contributed by atoms with E-state index in [0.717, 1.165) is 158 Å². The smallest absolute Gasteiger partial charge is 0.230 e. The van der Waals surface area contributed by atoms with Crippen LogP contribution in [0.25, 0.3) is 54.9 Å². The summed E-state index contributed by atoms with van der Waals surface area (Å²) in [7, 11) is 0. The molecule has 486 valence electrons. The van der Waals surface area contributed by atoms with Gasteiger partial charge in [-0.2, -0.15) is 0 Å². The molecule has 14 nitrogen and oxygen atoms in total. The Bertz CT molecular complexity index is 3670. The van der Waals surface area contributed by atoms with Crippen molar-refractivity contribution in [3.8, 4) is 90.9 Å². The van der Waals surface area contributed by atoms with Gasteiger partial charge in [0, 0.05) is 35.2 Å². The van der Waals surface area contributed by atoms with Crippen molar-refractivity contribution in [3.05, 3.63) is 218 Å². The Morgan fingerprint density at radius 2 is 0.564 bits per heavy atom. The van der Waals surface area contributed by atoms with Crippen LogP contribution in [0, 0.1) is 10.8 Å². The lowest BCUT2D eigenvalue weighted by atomic mass is 9.84. The van der Waals surface area contributed by atoms with Gasteiger partial charge in [0.1, 0.15) is 57.5 Å². The molecule has 2 fully saturated rings. The molecule has 10 aromatic rings. The van der Waals surface area contributed by atoms with Crippen molar-refractivity contribution in [2.75, 3.05) is 93.2 Å². The van der Waals surface area contributed by atoms with Gasteiger partial charge in [0.2, 0.25) is 27.2 Å². The Kier molecular flexibility index (Phi) is 22.3. The molecule has 2 heterocycles. The maximum Gasteiger partial charge on any atom is 0.230 e. The summed E-state index contributed by atoms with van der Waals surface area (Å²) in [5.74, 6) is 7.04. The number of rotatable bonds is 37. The van der Waals surface area contributed by atoms with E-state index >= 15 is 0 Å². The first kappa shape index (κ1) is 64.7. The van der Waals surface area contributed by atoms with Crippen molar-refractivity contribution in [1.82, 2.24) is 0 Å². The van der Waals surface area contributed by atoms with Crippen molar-refractivity contribution in [2.45, 2.75) is 52.4 Å². The van der Waals surface area contributed by atoms with Gasteiger partial charge in [0.25, 0.3) is 0 Å². The van der Waals surface area contributed by atoms with E-state index in [2.05, 4.69) is 50.2 Å². The zero-order chi connectivity index (χ0) is 64.0. The average Bonchev–Trinajstić information content (AvgIpc) is 0.760. The van der Waals surface area contributed by atoms with Crippen LogP contribution < -0.4 is 47.4 Å². The number of hydrogen-bond acceptors (Lipinski definition) is 14. The molecule has 0 spiro atoms. The van der Waals surface area contributed by atoms with Gasteiger partial charge < -0.3 is 66.3 Å². The van der Waals surface area contributed by atoms with E-state index in [1.165, 1.54) is 0 Å². The van der Waals surface area contributed by atoms with Gasteiger partial charge in [-0.05, 0) is 192 Å². The monoisotopic (exact) mass is 1270 g/mol. The largest absolute Gasteiger partial charge is 0.494 e. The summed E-state index contributed by atoms with van der Waals surface area (Å²) in [4.78, 5) is 0. The highest BCUT2D eigenvalue weighted by atomic mass is 16.7. The summed E-state index contributed by atoms with van der Waals surface area (Å²) in [6.07, 6.45) is 5.95. The van der Waals surface area contributed by atoms with Crippen molar-refractivity contribution in [1.29, 1.82) is 0 Å². The van der Waals surface area contributed by atoms with Gasteiger partial charge in [-0.1, -0.05) is 123 Å². The van der Waals surface area contributed by atoms with Gasteiger partial charge in [0.05, 0.1) is 52.9 Å². The van der Waals surface area contributed by atoms with Crippen LogP contribution >= 0.6 is 0 Å². The van der Waals surface area contributed by atoms with Crippen LogP contribution in [-0.4, -0.2) is 93.2 Å². The van der Waals surface area contributed by atoms with Gasteiger partial charge in [-0.25, -0.2) is 0 Å². The molecular formula is C80H82O14. The fourth-order valence-electron chi connectivity index (χ4n) is 11.3. The molecule has 2 saturated heterocycles. The quantitative estimate of drug-likeness (QED) is 0.0270. The van der Waals surface area contributed by atoms with Crippen molar-refractivity contribution in [2.24, 2.45) is 10.8 Å². The molecule has 0 bridgehead atoms. The lowest BCUT2D eigenvalue weighted by molar-refractivity contribution is -0.150. The second-order valence-electron chi connectivity index (χ2n) is 23.9. The summed E-state index contributed by atoms with van der Waals surface area (Å²) in [5.41, 5.74) is 6.36. The molecule has 14 heteroatoms. The van der Waals surface area contributed by atoms with Crippen LogP contribution in [0.3, 0.4) is 0 Å². The fraction of sp³-hybridized carbons (Fsp3) is 0.300. The van der Waals surface area contributed by atoms with E-state index in [0.29, 0.717) is 59.2 Å². The molecule has 0 unspecified atom stereocenters. The summed E-state index contributed by atoms with van der Waals surface area (Å²) in [6, 6.07) is 71.7. The minimum atomic E-state index is -0.0290. The van der Waals surface area contributed by atoms with E-state index in [4.69, 9.17) is 66.3 Å². The first-order chi connectivity index (χ1) is 46.4. The van der Waals surface area contributed by atoms with Gasteiger partial charge in [-0.15, -0.1) is 0 Å². The van der Waals surface area contributed by atoms with Crippen LogP contribution in [0.5, 0.6) is 57.5 Å². The highest BCUT2D eigenvalue weighted by Crippen LogP contribution is 2.46. The highest BCUT2D eigenvalue weighted by Gasteiger charge is 2.38. The maximum atomic E-state index is 6.57. The Morgan fingerprint density at radius 1 is 0.287 bits per heavy atom. The minimum absolute atomic E-state index is 0.0290. The molecule has 94 heavy (non-hydrogen) atoms. The van der Waals surface area contributed by atoms with Crippen molar-refractivity contribution in [3.63, 3.8) is 0 Å². The van der Waals surface area contributed by atoms with E-state index in [-0.39, 0.29) is 38.0 Å². The molecule has 12 rings (SSSR count). The van der Waals surface area contributed by atoms with Crippen LogP contribution in [0.15, 0.2) is 218 Å². The van der Waals surface area contributed by atoms with Gasteiger partial charge in [-0.3, -0.25) is 0 Å². The summed E-state index contributed by atoms with van der Waals surface area (Å²) >= 11 is 0. The minimum Gasteiger partial charge on any atom is -0.494 e. The SMILES string of the molecule is CCC1(COCCCCOc2ccc(OCOc3ccc(-c4ccc(OCOc5ccc6ccccc6c5-c5c(OCOc6ccc(-c7ccc(OCOc8ccc(OCCCCOCC9(CC)COC9)cc8)cc7)cc6)ccc6ccccc56)cc4)cc3)cc2)COC1. The first-order valence-electron chi connectivity index (χ1n) is 32.6. The molecule has 10 aromatic carbocycles. The van der Waals surface area contributed by atoms with Crippen molar-refractivity contribution >= 4 is 21.5 Å². The molecule has 0 aliphatic carbocycles. The van der Waals surface area contributed by atoms with Crippen LogP contribution in [0.2, 0.25) is 0 Å². The average molecular weight is 1270 g/mol. The first-order valence-corrected chi connectivity index (χ1v) is 32.6. The van der Waals surface area contributed by atoms with Gasteiger partial charge in [0.15, 0.2) is 0 Å².